The largest absolute Gasteiger partial charge is 0.351 e. The van der Waals surface area contributed by atoms with Crippen molar-refractivity contribution in [1.82, 2.24) is 20.9 Å². The van der Waals surface area contributed by atoms with Crippen molar-refractivity contribution in [2.45, 2.75) is 13.5 Å². The smallest absolute Gasteiger partial charge is 0.205 e. The van der Waals surface area contributed by atoms with Crippen molar-refractivity contribution in [2.75, 3.05) is 7.05 Å². The summed E-state index contributed by atoms with van der Waals surface area (Å²) < 4.78 is 0. The lowest BCUT2D eigenvalue weighted by atomic mass is 10.3. The summed E-state index contributed by atoms with van der Waals surface area (Å²) in [4.78, 5) is 3.87. The summed E-state index contributed by atoms with van der Waals surface area (Å²) in [6, 6.07) is 0. The highest BCUT2D eigenvalue weighted by Crippen LogP contribution is 2.00. The molecule has 72 valence electrons. The number of hydrogen-bond donors (Lipinski definition) is 4. The topological polar surface area (TPSA) is 91.1 Å². The van der Waals surface area contributed by atoms with Crippen LogP contribution >= 0.6 is 0 Å². The summed E-state index contributed by atoms with van der Waals surface area (Å²) in [7, 11) is 1.66. The molecule has 0 fully saturated rings. The minimum atomic E-state index is 0.556. The van der Waals surface area contributed by atoms with Crippen LogP contribution in [0.5, 0.6) is 0 Å². The molecule has 0 aliphatic rings. The van der Waals surface area contributed by atoms with E-state index in [0.29, 0.717) is 12.5 Å². The van der Waals surface area contributed by atoms with Crippen LogP contribution in [0.1, 0.15) is 11.3 Å². The van der Waals surface area contributed by atoms with E-state index in [1.165, 1.54) is 0 Å². The Morgan fingerprint density at radius 2 is 2.54 bits per heavy atom. The van der Waals surface area contributed by atoms with E-state index in [1.807, 2.05) is 6.92 Å². The third kappa shape index (κ3) is 2.45. The van der Waals surface area contributed by atoms with Gasteiger partial charge in [0.15, 0.2) is 0 Å². The van der Waals surface area contributed by atoms with E-state index < -0.39 is 0 Å². The molecule has 13 heavy (non-hydrogen) atoms. The molecule has 0 spiro atoms. The highest BCUT2D eigenvalue weighted by atomic mass is 15.3. The van der Waals surface area contributed by atoms with E-state index in [9.17, 15) is 0 Å². The fourth-order valence-electron chi connectivity index (χ4n) is 0.927. The Labute approximate surface area is 76.6 Å². The number of hydrazine groups is 1. The SMILES string of the molecule is CN=C(NN)NCc1cn[nH]c1C. The van der Waals surface area contributed by atoms with E-state index in [2.05, 4.69) is 25.9 Å². The van der Waals surface area contributed by atoms with Crippen molar-refractivity contribution in [3.8, 4) is 0 Å². The van der Waals surface area contributed by atoms with Crippen molar-refractivity contribution in [2.24, 2.45) is 10.8 Å². The number of aliphatic imine (C=N–C) groups is 1. The van der Waals surface area contributed by atoms with Crippen LogP contribution < -0.4 is 16.6 Å². The van der Waals surface area contributed by atoms with Gasteiger partial charge < -0.3 is 5.32 Å². The molecule has 5 N–H and O–H groups in total. The Balaban J connectivity index is 2.48. The molecule has 6 nitrogen and oxygen atoms in total. The Kier molecular flexibility index (Phi) is 3.27. The Morgan fingerprint density at radius 1 is 1.77 bits per heavy atom. The zero-order valence-electron chi connectivity index (χ0n) is 7.76. The number of nitrogens with one attached hydrogen (secondary N) is 3. The van der Waals surface area contributed by atoms with Gasteiger partial charge in [0, 0.05) is 24.8 Å². The van der Waals surface area contributed by atoms with E-state index in [4.69, 9.17) is 5.84 Å². The number of aromatic amines is 1. The summed E-state index contributed by atoms with van der Waals surface area (Å²) >= 11 is 0. The number of hydrogen-bond acceptors (Lipinski definition) is 3. The predicted octanol–water partition coefficient (Wildman–Crippen LogP) is -0.743. The van der Waals surface area contributed by atoms with Crippen LogP contribution in [0.4, 0.5) is 0 Å². The summed E-state index contributed by atoms with van der Waals surface area (Å²) in [5, 5.41) is 9.76. The second kappa shape index (κ2) is 4.46. The van der Waals surface area contributed by atoms with Gasteiger partial charge in [0.1, 0.15) is 0 Å². The molecule has 1 rings (SSSR count). The number of guanidine groups is 1. The molecule has 0 saturated carbocycles. The summed E-state index contributed by atoms with van der Waals surface area (Å²) in [6.07, 6.45) is 1.77. The van der Waals surface area contributed by atoms with Gasteiger partial charge in [-0.2, -0.15) is 5.10 Å². The maximum atomic E-state index is 5.19. The van der Waals surface area contributed by atoms with Crippen molar-refractivity contribution in [3.63, 3.8) is 0 Å². The quantitative estimate of drug-likeness (QED) is 0.210. The normalized spacial score (nSPS) is 11.5. The van der Waals surface area contributed by atoms with Gasteiger partial charge in [-0.1, -0.05) is 0 Å². The molecule has 0 amide bonds. The average Bonchev–Trinajstić information content (AvgIpc) is 2.54. The molecule has 0 saturated heterocycles. The minimum absolute atomic E-state index is 0.556. The molecule has 0 aliphatic heterocycles. The first-order valence-corrected chi connectivity index (χ1v) is 3.94. The first-order chi connectivity index (χ1) is 6.27. The van der Waals surface area contributed by atoms with E-state index >= 15 is 0 Å². The van der Waals surface area contributed by atoms with Crippen LogP contribution in [-0.4, -0.2) is 23.2 Å². The van der Waals surface area contributed by atoms with Crippen LogP contribution in [0.2, 0.25) is 0 Å². The van der Waals surface area contributed by atoms with Gasteiger partial charge in [0.2, 0.25) is 5.96 Å². The van der Waals surface area contributed by atoms with Crippen molar-refractivity contribution < 1.29 is 0 Å². The first kappa shape index (κ1) is 9.53. The predicted molar refractivity (Wildman–Crippen MR) is 50.8 cm³/mol. The van der Waals surface area contributed by atoms with Crippen molar-refractivity contribution in [1.29, 1.82) is 0 Å². The molecule has 0 atom stereocenters. The fraction of sp³-hybridized carbons (Fsp3) is 0.429. The Bertz CT molecular complexity index is 289. The molecular weight excluding hydrogens is 168 g/mol. The highest BCUT2D eigenvalue weighted by Gasteiger charge is 2.00. The molecule has 1 aromatic heterocycles. The molecule has 0 bridgehead atoms. The van der Waals surface area contributed by atoms with Crippen LogP contribution in [0, 0.1) is 6.92 Å². The molecule has 6 heteroatoms. The molecular formula is C7H14N6. The van der Waals surface area contributed by atoms with Gasteiger partial charge in [-0.25, -0.2) is 5.84 Å². The van der Waals surface area contributed by atoms with Crippen LogP contribution in [-0.2, 0) is 6.54 Å². The van der Waals surface area contributed by atoms with Gasteiger partial charge in [-0.3, -0.25) is 15.5 Å². The van der Waals surface area contributed by atoms with Gasteiger partial charge in [-0.05, 0) is 6.92 Å². The first-order valence-electron chi connectivity index (χ1n) is 3.94. The summed E-state index contributed by atoms with van der Waals surface area (Å²) in [5.74, 6) is 5.75. The highest BCUT2D eigenvalue weighted by molar-refractivity contribution is 5.78. The van der Waals surface area contributed by atoms with E-state index in [-0.39, 0.29) is 0 Å². The Morgan fingerprint density at radius 3 is 3.00 bits per heavy atom. The molecule has 0 aliphatic carbocycles. The van der Waals surface area contributed by atoms with Crippen LogP contribution in [0.25, 0.3) is 0 Å². The zero-order chi connectivity index (χ0) is 9.68. The fourth-order valence-corrected chi connectivity index (χ4v) is 0.927. The molecule has 0 unspecified atom stereocenters. The lowest BCUT2D eigenvalue weighted by molar-refractivity contribution is 0.836. The van der Waals surface area contributed by atoms with Gasteiger partial charge in [0.05, 0.1) is 6.20 Å². The van der Waals surface area contributed by atoms with Gasteiger partial charge >= 0.3 is 0 Å². The van der Waals surface area contributed by atoms with Crippen molar-refractivity contribution in [3.05, 3.63) is 17.5 Å². The van der Waals surface area contributed by atoms with Crippen molar-refractivity contribution >= 4 is 5.96 Å². The maximum Gasteiger partial charge on any atom is 0.205 e. The van der Waals surface area contributed by atoms with Gasteiger partial charge in [-0.15, -0.1) is 0 Å². The molecule has 0 radical (unpaired) electrons. The molecule has 1 aromatic rings. The second-order valence-electron chi connectivity index (χ2n) is 2.59. The lowest BCUT2D eigenvalue weighted by Gasteiger charge is -2.06. The number of rotatable bonds is 2. The van der Waals surface area contributed by atoms with E-state index in [1.54, 1.807) is 13.2 Å². The minimum Gasteiger partial charge on any atom is -0.351 e. The number of aryl methyl sites for hydroxylation is 1. The number of nitrogens with two attached hydrogens (primary N) is 1. The number of H-pyrrole nitrogens is 1. The van der Waals surface area contributed by atoms with Gasteiger partial charge in [0.25, 0.3) is 0 Å². The van der Waals surface area contributed by atoms with Crippen LogP contribution in [0.3, 0.4) is 0 Å². The standard InChI is InChI=1S/C7H14N6/c1-5-6(4-11-13-5)3-10-7(9-2)12-8/h4H,3,8H2,1-2H3,(H,11,13)(H2,9,10,12). The lowest BCUT2D eigenvalue weighted by Crippen LogP contribution is -2.41. The second-order valence-corrected chi connectivity index (χ2v) is 2.59. The molecule has 0 aromatic carbocycles. The summed E-state index contributed by atoms with van der Waals surface area (Å²) in [6.45, 7) is 2.61. The molecule has 1 heterocycles. The maximum absolute atomic E-state index is 5.19. The third-order valence-electron chi connectivity index (χ3n) is 1.74. The Hall–Kier alpha value is -1.56. The third-order valence-corrected chi connectivity index (χ3v) is 1.74. The zero-order valence-corrected chi connectivity index (χ0v) is 7.76. The average molecular weight is 182 g/mol. The van der Waals surface area contributed by atoms with Crippen LogP contribution in [0.15, 0.2) is 11.2 Å². The van der Waals surface area contributed by atoms with E-state index in [0.717, 1.165) is 11.3 Å². The summed E-state index contributed by atoms with van der Waals surface area (Å²) in [5.41, 5.74) is 4.58. The number of nitrogens with zero attached hydrogens (tertiary/aromatic N) is 2. The monoisotopic (exact) mass is 182 g/mol. The number of aromatic nitrogens is 2.